The fourth-order valence-corrected chi connectivity index (χ4v) is 3.37. The van der Waals surface area contributed by atoms with Crippen LogP contribution in [-0.4, -0.2) is 72.2 Å². The Morgan fingerprint density at radius 2 is 1.92 bits per heavy atom. The Morgan fingerprint density at radius 3 is 2.60 bits per heavy atom. The van der Waals surface area contributed by atoms with Crippen LogP contribution < -0.4 is 4.74 Å². The molecule has 2 saturated heterocycles. The third-order valence-corrected chi connectivity index (χ3v) is 4.76. The molecule has 2 aliphatic rings. The molecule has 2 fully saturated rings. The normalized spacial score (nSPS) is 20.5. The first kappa shape index (κ1) is 17.9. The minimum Gasteiger partial charge on any atom is -0.491 e. The van der Waals surface area contributed by atoms with Gasteiger partial charge in [0.25, 0.3) is 11.1 Å². The molecule has 1 aromatic carbocycles. The quantitative estimate of drug-likeness (QED) is 0.764. The number of thioether (sulfide) groups is 1. The second-order valence-corrected chi connectivity index (χ2v) is 6.62. The van der Waals surface area contributed by atoms with Crippen molar-refractivity contribution in [1.29, 1.82) is 0 Å². The van der Waals surface area contributed by atoms with E-state index in [-0.39, 0.29) is 24.4 Å². The van der Waals surface area contributed by atoms with Gasteiger partial charge in [-0.1, -0.05) is 12.1 Å². The number of hydrogen-bond donors (Lipinski definition) is 1. The summed E-state index contributed by atoms with van der Waals surface area (Å²) in [7, 11) is 0. The number of carbonyl (C=O) groups excluding carboxylic acids is 2. The third kappa shape index (κ3) is 4.60. The van der Waals surface area contributed by atoms with E-state index < -0.39 is 0 Å². The van der Waals surface area contributed by atoms with Gasteiger partial charge in [0.15, 0.2) is 0 Å². The highest BCUT2D eigenvalue weighted by Crippen LogP contribution is 2.32. The van der Waals surface area contributed by atoms with E-state index in [0.717, 1.165) is 30.4 Å². The highest BCUT2D eigenvalue weighted by Gasteiger charge is 2.36. The first-order chi connectivity index (χ1) is 12.2. The zero-order valence-corrected chi connectivity index (χ0v) is 14.5. The van der Waals surface area contributed by atoms with Crippen molar-refractivity contribution in [2.45, 2.75) is 0 Å². The number of amides is 2. The summed E-state index contributed by atoms with van der Waals surface area (Å²) in [6, 6.07) is 7.14. The highest BCUT2D eigenvalue weighted by atomic mass is 32.2. The molecule has 0 atom stereocenters. The van der Waals surface area contributed by atoms with Gasteiger partial charge in [0, 0.05) is 13.1 Å². The summed E-state index contributed by atoms with van der Waals surface area (Å²) in [5.41, 5.74) is 0.813. The molecule has 25 heavy (non-hydrogen) atoms. The first-order valence-electron chi connectivity index (χ1n) is 8.06. The van der Waals surface area contributed by atoms with E-state index in [1.165, 1.54) is 4.90 Å². The molecular formula is C17H20N2O5S. The van der Waals surface area contributed by atoms with Crippen LogP contribution in [0, 0.1) is 0 Å². The number of ether oxygens (including phenoxy) is 2. The van der Waals surface area contributed by atoms with Gasteiger partial charge in [-0.15, -0.1) is 0 Å². The molecule has 0 aromatic heterocycles. The number of carbonyl (C=O) groups is 2. The number of rotatable bonds is 6. The van der Waals surface area contributed by atoms with Crippen molar-refractivity contribution in [3.05, 3.63) is 34.7 Å². The number of aliphatic hydroxyl groups excluding tert-OH is 1. The monoisotopic (exact) mass is 364 g/mol. The van der Waals surface area contributed by atoms with E-state index in [2.05, 4.69) is 0 Å². The van der Waals surface area contributed by atoms with Crippen LogP contribution in [0.25, 0.3) is 6.08 Å². The SMILES string of the molecule is O=C1S/C(=C/c2ccc(OCCO)cc2)C(=O)N1CN1CCOCC1. The first-order valence-corrected chi connectivity index (χ1v) is 8.88. The number of morpholine rings is 1. The van der Waals surface area contributed by atoms with Gasteiger partial charge in [-0.3, -0.25) is 19.4 Å². The molecule has 1 aromatic rings. The Hall–Kier alpha value is -1.87. The molecule has 0 spiro atoms. The van der Waals surface area contributed by atoms with Crippen molar-refractivity contribution in [2.75, 3.05) is 46.2 Å². The molecule has 7 nitrogen and oxygen atoms in total. The van der Waals surface area contributed by atoms with E-state index in [0.29, 0.717) is 30.5 Å². The predicted molar refractivity (Wildman–Crippen MR) is 94.1 cm³/mol. The fraction of sp³-hybridized carbons (Fsp3) is 0.412. The molecule has 0 radical (unpaired) electrons. The maximum absolute atomic E-state index is 12.5. The zero-order valence-electron chi connectivity index (χ0n) is 13.7. The van der Waals surface area contributed by atoms with Gasteiger partial charge in [-0.2, -0.15) is 0 Å². The van der Waals surface area contributed by atoms with Gasteiger partial charge in [0.2, 0.25) is 0 Å². The van der Waals surface area contributed by atoms with Gasteiger partial charge >= 0.3 is 0 Å². The standard InChI is InChI=1S/C17H20N2O5S/c20-7-10-24-14-3-1-13(2-4-14)11-15-16(21)19(17(22)25-15)12-18-5-8-23-9-6-18/h1-4,11,20H,5-10,12H2/b15-11+. The molecule has 2 amide bonds. The Bertz CT molecular complexity index is 656. The summed E-state index contributed by atoms with van der Waals surface area (Å²) >= 11 is 0.960. The second kappa shape index (κ2) is 8.48. The molecule has 8 heteroatoms. The van der Waals surface area contributed by atoms with Crippen LogP contribution in [0.4, 0.5) is 4.79 Å². The molecule has 2 heterocycles. The Labute approximate surface area is 150 Å². The van der Waals surface area contributed by atoms with E-state index in [1.54, 1.807) is 18.2 Å². The maximum Gasteiger partial charge on any atom is 0.294 e. The number of hydrogen-bond acceptors (Lipinski definition) is 7. The number of nitrogens with zero attached hydrogens (tertiary/aromatic N) is 2. The summed E-state index contributed by atoms with van der Waals surface area (Å²) in [5.74, 6) is 0.383. The molecule has 0 unspecified atom stereocenters. The third-order valence-electron chi connectivity index (χ3n) is 3.86. The minimum absolute atomic E-state index is 0.0436. The second-order valence-electron chi connectivity index (χ2n) is 5.62. The van der Waals surface area contributed by atoms with Gasteiger partial charge in [0.05, 0.1) is 31.4 Å². The lowest BCUT2D eigenvalue weighted by Gasteiger charge is -2.29. The molecular weight excluding hydrogens is 344 g/mol. The number of imide groups is 1. The Balaban J connectivity index is 1.65. The summed E-state index contributed by atoms with van der Waals surface area (Å²) < 4.78 is 10.6. The maximum atomic E-state index is 12.5. The summed E-state index contributed by atoms with van der Waals surface area (Å²) in [6.45, 7) is 3.18. The van der Waals surface area contributed by atoms with Crippen LogP contribution >= 0.6 is 11.8 Å². The zero-order chi connectivity index (χ0) is 17.6. The van der Waals surface area contributed by atoms with Crippen molar-refractivity contribution < 1.29 is 24.2 Å². The van der Waals surface area contributed by atoms with Crippen LogP contribution in [0.3, 0.4) is 0 Å². The molecule has 0 bridgehead atoms. The van der Waals surface area contributed by atoms with E-state index in [1.807, 2.05) is 17.0 Å². The van der Waals surface area contributed by atoms with Crippen molar-refractivity contribution >= 4 is 29.0 Å². The Kier molecular flexibility index (Phi) is 6.09. The van der Waals surface area contributed by atoms with Crippen molar-refractivity contribution in [2.24, 2.45) is 0 Å². The number of aliphatic hydroxyl groups is 1. The van der Waals surface area contributed by atoms with E-state index >= 15 is 0 Å². The lowest BCUT2D eigenvalue weighted by Crippen LogP contribution is -2.45. The molecule has 134 valence electrons. The smallest absolute Gasteiger partial charge is 0.294 e. The summed E-state index contributed by atoms with van der Waals surface area (Å²) in [5, 5.41) is 8.50. The number of benzene rings is 1. The van der Waals surface area contributed by atoms with Crippen molar-refractivity contribution in [3.8, 4) is 5.75 Å². The molecule has 2 aliphatic heterocycles. The van der Waals surface area contributed by atoms with Gasteiger partial charge < -0.3 is 14.6 Å². The van der Waals surface area contributed by atoms with Crippen LogP contribution in [-0.2, 0) is 9.53 Å². The Morgan fingerprint density at radius 1 is 1.20 bits per heavy atom. The van der Waals surface area contributed by atoms with Crippen molar-refractivity contribution in [1.82, 2.24) is 9.80 Å². The summed E-state index contributed by atoms with van der Waals surface area (Å²) in [4.78, 5) is 28.4. The molecule has 0 saturated carbocycles. The highest BCUT2D eigenvalue weighted by molar-refractivity contribution is 8.18. The lowest BCUT2D eigenvalue weighted by molar-refractivity contribution is -0.125. The summed E-state index contributed by atoms with van der Waals surface area (Å²) in [6.07, 6.45) is 1.71. The van der Waals surface area contributed by atoms with Gasteiger partial charge in [-0.05, 0) is 35.5 Å². The van der Waals surface area contributed by atoms with Gasteiger partial charge in [0.1, 0.15) is 12.4 Å². The van der Waals surface area contributed by atoms with E-state index in [4.69, 9.17) is 14.6 Å². The van der Waals surface area contributed by atoms with E-state index in [9.17, 15) is 9.59 Å². The van der Waals surface area contributed by atoms with Gasteiger partial charge in [-0.25, -0.2) is 0 Å². The molecule has 0 aliphatic carbocycles. The minimum atomic E-state index is -0.262. The average molecular weight is 364 g/mol. The van der Waals surface area contributed by atoms with Crippen LogP contribution in [0.15, 0.2) is 29.2 Å². The van der Waals surface area contributed by atoms with Crippen LogP contribution in [0.2, 0.25) is 0 Å². The lowest BCUT2D eigenvalue weighted by atomic mass is 10.2. The van der Waals surface area contributed by atoms with Crippen LogP contribution in [0.5, 0.6) is 5.75 Å². The molecule has 3 rings (SSSR count). The topological polar surface area (TPSA) is 79.3 Å². The fourth-order valence-electron chi connectivity index (χ4n) is 2.54. The molecule has 1 N–H and O–H groups in total. The predicted octanol–water partition coefficient (Wildman–Crippen LogP) is 1.38. The van der Waals surface area contributed by atoms with Crippen LogP contribution in [0.1, 0.15) is 5.56 Å². The van der Waals surface area contributed by atoms with Crippen molar-refractivity contribution in [3.63, 3.8) is 0 Å². The largest absolute Gasteiger partial charge is 0.491 e. The average Bonchev–Trinajstić information content (AvgIpc) is 2.89.